The van der Waals surface area contributed by atoms with Gasteiger partial charge in [-0.1, -0.05) is 36.4 Å². The van der Waals surface area contributed by atoms with Crippen LogP contribution in [-0.4, -0.2) is 14.8 Å². The van der Waals surface area contributed by atoms with Crippen LogP contribution in [0.25, 0.3) is 27.6 Å². The van der Waals surface area contributed by atoms with Gasteiger partial charge in [0.1, 0.15) is 5.52 Å². The summed E-state index contributed by atoms with van der Waals surface area (Å²) in [5.41, 5.74) is 6.60. The Kier molecular flexibility index (Phi) is 2.54. The van der Waals surface area contributed by atoms with Gasteiger partial charge in [-0.3, -0.25) is 0 Å². The predicted molar refractivity (Wildman–Crippen MR) is 85.8 cm³/mol. The van der Waals surface area contributed by atoms with Gasteiger partial charge in [0.2, 0.25) is 0 Å². The van der Waals surface area contributed by atoms with Crippen LogP contribution < -0.4 is 0 Å². The zero-order valence-corrected chi connectivity index (χ0v) is 12.0. The molecule has 0 aliphatic rings. The van der Waals surface area contributed by atoms with Crippen molar-refractivity contribution in [3.8, 4) is 5.69 Å². The second-order valence-corrected chi connectivity index (χ2v) is 5.38. The van der Waals surface area contributed by atoms with E-state index in [1.165, 1.54) is 11.3 Å². The lowest BCUT2D eigenvalue weighted by molar-refractivity contribution is 1.09. The minimum atomic E-state index is 0.927. The molecule has 0 amide bonds. The Bertz CT molecular complexity index is 967. The van der Waals surface area contributed by atoms with E-state index in [-0.39, 0.29) is 0 Å². The highest BCUT2D eigenvalue weighted by atomic mass is 15.1. The summed E-state index contributed by atoms with van der Waals surface area (Å²) in [5, 5.41) is 9.90. The van der Waals surface area contributed by atoms with Crippen molar-refractivity contribution in [1.29, 1.82) is 0 Å². The van der Waals surface area contributed by atoms with E-state index in [1.807, 2.05) is 6.07 Å². The number of rotatable bonds is 1. The van der Waals surface area contributed by atoms with Gasteiger partial charge in [0.25, 0.3) is 0 Å². The van der Waals surface area contributed by atoms with Crippen LogP contribution in [-0.2, 0) is 0 Å². The van der Waals surface area contributed by atoms with Crippen LogP contribution in [0.2, 0.25) is 0 Å². The summed E-state index contributed by atoms with van der Waals surface area (Å²) in [5.74, 6) is 0. The first-order valence-electron chi connectivity index (χ1n) is 7.05. The van der Waals surface area contributed by atoms with Gasteiger partial charge in [0.15, 0.2) is 0 Å². The summed E-state index contributed by atoms with van der Waals surface area (Å²) in [6.45, 7) is 4.20. The van der Waals surface area contributed by atoms with Gasteiger partial charge in [-0.2, -0.15) is 0 Å². The van der Waals surface area contributed by atoms with Crippen molar-refractivity contribution in [3.05, 3.63) is 65.9 Å². The van der Waals surface area contributed by atoms with Crippen molar-refractivity contribution in [2.24, 2.45) is 0 Å². The van der Waals surface area contributed by atoms with Crippen LogP contribution in [0.1, 0.15) is 11.1 Å². The van der Waals surface area contributed by atoms with Gasteiger partial charge < -0.3 is 4.57 Å². The fraction of sp³-hybridized carbons (Fsp3) is 0.111. The van der Waals surface area contributed by atoms with Crippen LogP contribution in [0.5, 0.6) is 0 Å². The van der Waals surface area contributed by atoms with Crippen LogP contribution in [0.3, 0.4) is 0 Å². The van der Waals surface area contributed by atoms with Gasteiger partial charge in [-0.15, -0.1) is 10.2 Å². The molecular formula is C18H15N3. The third-order valence-corrected chi connectivity index (χ3v) is 3.99. The molecule has 2 aromatic carbocycles. The normalized spacial score (nSPS) is 11.3. The van der Waals surface area contributed by atoms with E-state index in [4.69, 9.17) is 0 Å². The Morgan fingerprint density at radius 2 is 1.62 bits per heavy atom. The monoisotopic (exact) mass is 273 g/mol. The van der Waals surface area contributed by atoms with E-state index in [1.54, 1.807) is 0 Å². The molecule has 0 saturated heterocycles. The second-order valence-electron chi connectivity index (χ2n) is 5.38. The highest BCUT2D eigenvalue weighted by molar-refractivity contribution is 6.03. The number of fused-ring (bicyclic) bond motifs is 3. The average molecular weight is 273 g/mol. The lowest BCUT2D eigenvalue weighted by Gasteiger charge is -2.10. The van der Waals surface area contributed by atoms with Crippen LogP contribution in [0.4, 0.5) is 0 Å². The zero-order valence-electron chi connectivity index (χ0n) is 12.0. The van der Waals surface area contributed by atoms with Crippen molar-refractivity contribution in [3.63, 3.8) is 0 Å². The quantitative estimate of drug-likeness (QED) is 0.520. The predicted octanol–water partition coefficient (Wildman–Crippen LogP) is 4.19. The van der Waals surface area contributed by atoms with Crippen LogP contribution in [0, 0.1) is 13.8 Å². The first-order chi connectivity index (χ1) is 10.3. The van der Waals surface area contributed by atoms with Crippen molar-refractivity contribution in [2.45, 2.75) is 13.8 Å². The number of para-hydroxylation sites is 1. The average Bonchev–Trinajstić information content (AvgIpc) is 2.92. The molecule has 4 rings (SSSR count). The van der Waals surface area contributed by atoms with E-state index >= 15 is 0 Å². The Morgan fingerprint density at radius 3 is 2.48 bits per heavy atom. The fourth-order valence-corrected chi connectivity index (χ4v) is 2.89. The standard InChI is InChI=1S/C18H15N3/c1-12-6-3-4-9-16(12)21-11-10-15-18(21)14-8-5-7-13(2)17(14)20-19-15/h3-11H,1-2H3. The molecule has 3 nitrogen and oxygen atoms in total. The third-order valence-electron chi connectivity index (χ3n) is 3.99. The maximum atomic E-state index is 4.38. The second kappa shape index (κ2) is 4.42. The highest BCUT2D eigenvalue weighted by Gasteiger charge is 2.11. The lowest BCUT2D eigenvalue weighted by atomic mass is 10.1. The molecule has 0 saturated carbocycles. The molecule has 2 aromatic heterocycles. The van der Waals surface area contributed by atoms with E-state index in [2.05, 4.69) is 77.3 Å². The first kappa shape index (κ1) is 12.1. The maximum Gasteiger partial charge on any atom is 0.112 e. The van der Waals surface area contributed by atoms with E-state index in [0.29, 0.717) is 0 Å². The molecular weight excluding hydrogens is 258 g/mol. The molecule has 0 spiro atoms. The fourth-order valence-electron chi connectivity index (χ4n) is 2.89. The highest BCUT2D eigenvalue weighted by Crippen LogP contribution is 2.28. The molecule has 4 aromatic rings. The third kappa shape index (κ3) is 1.74. The minimum Gasteiger partial charge on any atom is -0.314 e. The molecule has 0 fully saturated rings. The zero-order chi connectivity index (χ0) is 14.4. The molecule has 0 unspecified atom stereocenters. The van der Waals surface area contributed by atoms with Gasteiger partial charge in [-0.05, 0) is 37.1 Å². The molecule has 102 valence electrons. The number of aromatic nitrogens is 3. The Hall–Kier alpha value is -2.68. The van der Waals surface area contributed by atoms with Crippen molar-refractivity contribution < 1.29 is 0 Å². The minimum absolute atomic E-state index is 0.927. The summed E-state index contributed by atoms with van der Waals surface area (Å²) < 4.78 is 2.21. The summed E-state index contributed by atoms with van der Waals surface area (Å²) in [6, 6.07) is 16.7. The smallest absolute Gasteiger partial charge is 0.112 e. The Labute approximate surface area is 122 Å². The molecule has 0 aliphatic heterocycles. The molecule has 2 heterocycles. The van der Waals surface area contributed by atoms with E-state index < -0.39 is 0 Å². The van der Waals surface area contributed by atoms with Crippen LogP contribution >= 0.6 is 0 Å². The summed E-state index contributed by atoms with van der Waals surface area (Å²) in [6.07, 6.45) is 2.07. The SMILES string of the molecule is Cc1ccccc1-n1ccc2nnc3c(C)cccc3c21. The Balaban J connectivity index is 2.17. The number of nitrogens with zero attached hydrogens (tertiary/aromatic N) is 3. The Morgan fingerprint density at radius 1 is 0.810 bits per heavy atom. The number of aryl methyl sites for hydroxylation is 2. The molecule has 0 atom stereocenters. The molecule has 3 heteroatoms. The maximum absolute atomic E-state index is 4.38. The molecule has 0 aliphatic carbocycles. The number of hydrogen-bond donors (Lipinski definition) is 0. The summed E-state index contributed by atoms with van der Waals surface area (Å²) in [7, 11) is 0. The molecule has 21 heavy (non-hydrogen) atoms. The van der Waals surface area contributed by atoms with Crippen molar-refractivity contribution in [1.82, 2.24) is 14.8 Å². The number of benzene rings is 2. The molecule has 0 bridgehead atoms. The molecule has 0 radical (unpaired) electrons. The van der Waals surface area contributed by atoms with Gasteiger partial charge in [0.05, 0.1) is 11.0 Å². The van der Waals surface area contributed by atoms with Gasteiger partial charge in [0, 0.05) is 17.3 Å². The van der Waals surface area contributed by atoms with Crippen LogP contribution in [0.15, 0.2) is 54.7 Å². The summed E-state index contributed by atoms with van der Waals surface area (Å²) in [4.78, 5) is 0. The van der Waals surface area contributed by atoms with Crippen molar-refractivity contribution >= 4 is 21.9 Å². The van der Waals surface area contributed by atoms with Gasteiger partial charge in [-0.25, -0.2) is 0 Å². The topological polar surface area (TPSA) is 30.7 Å². The molecule has 0 N–H and O–H groups in total. The largest absolute Gasteiger partial charge is 0.314 e. The summed E-state index contributed by atoms with van der Waals surface area (Å²) >= 11 is 0. The van der Waals surface area contributed by atoms with Crippen molar-refractivity contribution in [2.75, 3.05) is 0 Å². The van der Waals surface area contributed by atoms with E-state index in [0.717, 1.165) is 27.5 Å². The first-order valence-corrected chi connectivity index (χ1v) is 7.05. The van der Waals surface area contributed by atoms with E-state index in [9.17, 15) is 0 Å². The number of hydrogen-bond acceptors (Lipinski definition) is 2. The van der Waals surface area contributed by atoms with Gasteiger partial charge >= 0.3 is 0 Å². The lowest BCUT2D eigenvalue weighted by Crippen LogP contribution is -1.97.